The van der Waals surface area contributed by atoms with Crippen LogP contribution in [0.15, 0.2) is 18.2 Å². The molecule has 6 nitrogen and oxygen atoms in total. The van der Waals surface area contributed by atoms with Crippen molar-refractivity contribution in [3.63, 3.8) is 0 Å². The predicted molar refractivity (Wildman–Crippen MR) is 90.6 cm³/mol. The highest BCUT2D eigenvalue weighted by Gasteiger charge is 2.33. The molecule has 1 aromatic heterocycles. The fraction of sp³-hybridized carbons (Fsp3) is 0.471. The summed E-state index contributed by atoms with van der Waals surface area (Å²) >= 11 is 1.26. The molecule has 144 valence electrons. The monoisotopic (exact) mass is 399 g/mol. The van der Waals surface area contributed by atoms with Crippen LogP contribution in [0.5, 0.6) is 5.75 Å². The summed E-state index contributed by atoms with van der Waals surface area (Å²) in [5.74, 6) is 0.0660. The first-order valence-corrected chi connectivity index (χ1v) is 9.32. The van der Waals surface area contributed by atoms with Crippen molar-refractivity contribution < 1.29 is 27.4 Å². The molecule has 1 aromatic carbocycles. The van der Waals surface area contributed by atoms with Crippen molar-refractivity contribution in [3.05, 3.63) is 34.3 Å². The number of nitrogens with zero attached hydrogens (tertiary/aromatic N) is 2. The number of hydrogen-bond acceptors (Lipinski definition) is 6. The Bertz CT molecular complexity index is 849. The van der Waals surface area contributed by atoms with E-state index >= 15 is 0 Å². The summed E-state index contributed by atoms with van der Waals surface area (Å²) in [4.78, 5) is 12.2. The van der Waals surface area contributed by atoms with E-state index < -0.39 is 17.8 Å². The van der Waals surface area contributed by atoms with Gasteiger partial charge in [0.05, 0.1) is 12.0 Å². The third kappa shape index (κ3) is 4.06. The standard InChI is InChI=1S/C17H16F3N3O3S/c18-17(19,20)10-3-4-12-9(6-10)7-11(26-12)8-14(24)21-16-23-22-15(27-16)13-2-1-5-25-13/h3-4,6,11,13H,1-2,5,7-8H2,(H,21,23,24). The van der Waals surface area contributed by atoms with Gasteiger partial charge in [0, 0.05) is 13.0 Å². The molecular weight excluding hydrogens is 383 g/mol. The molecule has 1 N–H and O–H groups in total. The number of aromatic nitrogens is 2. The molecule has 0 radical (unpaired) electrons. The molecule has 1 fully saturated rings. The van der Waals surface area contributed by atoms with Crippen LogP contribution in [-0.2, 0) is 22.1 Å². The molecule has 2 unspecified atom stereocenters. The van der Waals surface area contributed by atoms with Gasteiger partial charge in [0.1, 0.15) is 23.0 Å². The molecular formula is C17H16F3N3O3S. The van der Waals surface area contributed by atoms with Crippen LogP contribution in [0, 0.1) is 0 Å². The number of nitrogens with one attached hydrogen (secondary N) is 1. The second-order valence-electron chi connectivity index (χ2n) is 6.46. The molecule has 1 amide bonds. The number of carbonyl (C=O) groups is 1. The summed E-state index contributed by atoms with van der Waals surface area (Å²) in [6.45, 7) is 0.696. The minimum absolute atomic E-state index is 0.0187. The van der Waals surface area contributed by atoms with Crippen molar-refractivity contribution in [1.82, 2.24) is 10.2 Å². The maximum Gasteiger partial charge on any atom is 0.416 e. The van der Waals surface area contributed by atoms with Crippen molar-refractivity contribution in [3.8, 4) is 5.75 Å². The van der Waals surface area contributed by atoms with E-state index in [9.17, 15) is 18.0 Å². The smallest absolute Gasteiger partial charge is 0.416 e. The van der Waals surface area contributed by atoms with E-state index in [2.05, 4.69) is 15.5 Å². The van der Waals surface area contributed by atoms with Crippen molar-refractivity contribution in [2.75, 3.05) is 11.9 Å². The number of benzene rings is 1. The zero-order chi connectivity index (χ0) is 19.0. The van der Waals surface area contributed by atoms with Gasteiger partial charge in [-0.2, -0.15) is 13.2 Å². The second-order valence-corrected chi connectivity index (χ2v) is 7.47. The third-order valence-electron chi connectivity index (χ3n) is 4.43. The fourth-order valence-electron chi connectivity index (χ4n) is 3.18. The molecule has 0 saturated carbocycles. The molecule has 2 aliphatic heterocycles. The van der Waals surface area contributed by atoms with E-state index in [-0.39, 0.29) is 24.9 Å². The zero-order valence-electron chi connectivity index (χ0n) is 14.1. The number of fused-ring (bicyclic) bond motifs is 1. The van der Waals surface area contributed by atoms with Crippen LogP contribution in [0.1, 0.15) is 41.5 Å². The van der Waals surface area contributed by atoms with Gasteiger partial charge in [-0.3, -0.25) is 4.79 Å². The van der Waals surface area contributed by atoms with Crippen LogP contribution in [0.25, 0.3) is 0 Å². The largest absolute Gasteiger partial charge is 0.489 e. The van der Waals surface area contributed by atoms with E-state index in [1.54, 1.807) is 0 Å². The number of ether oxygens (including phenoxy) is 2. The Hall–Kier alpha value is -2.20. The summed E-state index contributed by atoms with van der Waals surface area (Å²) in [6.07, 6.45) is -2.84. The lowest BCUT2D eigenvalue weighted by molar-refractivity contribution is -0.137. The highest BCUT2D eigenvalue weighted by Crippen LogP contribution is 2.37. The number of anilines is 1. The molecule has 0 bridgehead atoms. The Kier molecular flexibility index (Phi) is 4.77. The molecule has 10 heteroatoms. The van der Waals surface area contributed by atoms with E-state index in [0.717, 1.165) is 30.0 Å². The van der Waals surface area contributed by atoms with Gasteiger partial charge in [0.2, 0.25) is 11.0 Å². The Morgan fingerprint density at radius 3 is 2.93 bits per heavy atom. The summed E-state index contributed by atoms with van der Waals surface area (Å²) in [5, 5.41) is 11.8. The molecule has 3 heterocycles. The minimum atomic E-state index is -4.40. The van der Waals surface area contributed by atoms with Gasteiger partial charge < -0.3 is 14.8 Å². The highest BCUT2D eigenvalue weighted by atomic mass is 32.1. The van der Waals surface area contributed by atoms with Crippen LogP contribution < -0.4 is 10.1 Å². The number of amides is 1. The molecule has 27 heavy (non-hydrogen) atoms. The Labute approximate surface area is 156 Å². The van der Waals surface area contributed by atoms with E-state index in [4.69, 9.17) is 9.47 Å². The normalized spacial score (nSPS) is 21.7. The third-order valence-corrected chi connectivity index (χ3v) is 5.36. The van der Waals surface area contributed by atoms with Crippen molar-refractivity contribution in [1.29, 1.82) is 0 Å². The van der Waals surface area contributed by atoms with Gasteiger partial charge in [-0.25, -0.2) is 0 Å². The SMILES string of the molecule is O=C(CC1Cc2cc(C(F)(F)F)ccc2O1)Nc1nnc(C2CCCO2)s1. The minimum Gasteiger partial charge on any atom is -0.489 e. The zero-order valence-corrected chi connectivity index (χ0v) is 14.9. The van der Waals surface area contributed by atoms with Crippen LogP contribution in [0.2, 0.25) is 0 Å². The highest BCUT2D eigenvalue weighted by molar-refractivity contribution is 7.15. The van der Waals surface area contributed by atoms with Crippen LogP contribution in [-0.4, -0.2) is 28.8 Å². The first-order chi connectivity index (χ1) is 12.9. The quantitative estimate of drug-likeness (QED) is 0.848. The number of alkyl halides is 3. The van der Waals surface area contributed by atoms with Crippen LogP contribution in [0.4, 0.5) is 18.3 Å². The van der Waals surface area contributed by atoms with Gasteiger partial charge in [-0.05, 0) is 36.6 Å². The fourth-order valence-corrected chi connectivity index (χ4v) is 4.02. The lowest BCUT2D eigenvalue weighted by atomic mass is 10.0. The summed E-state index contributed by atoms with van der Waals surface area (Å²) in [7, 11) is 0. The lowest BCUT2D eigenvalue weighted by Crippen LogP contribution is -2.23. The van der Waals surface area contributed by atoms with Gasteiger partial charge in [-0.15, -0.1) is 10.2 Å². The Morgan fingerprint density at radius 2 is 2.19 bits per heavy atom. The van der Waals surface area contributed by atoms with Crippen LogP contribution in [0.3, 0.4) is 0 Å². The summed E-state index contributed by atoms with van der Waals surface area (Å²) in [5.41, 5.74) is -0.260. The number of hydrogen-bond donors (Lipinski definition) is 1. The molecule has 2 aliphatic rings. The number of carbonyl (C=O) groups excluding carboxylic acids is 1. The maximum absolute atomic E-state index is 12.8. The summed E-state index contributed by atoms with van der Waals surface area (Å²) < 4.78 is 49.5. The average Bonchev–Trinajstić information content (AvgIpc) is 3.33. The first-order valence-electron chi connectivity index (χ1n) is 8.50. The van der Waals surface area contributed by atoms with Crippen molar-refractivity contribution in [2.45, 2.75) is 44.1 Å². The van der Waals surface area contributed by atoms with E-state index in [0.29, 0.717) is 23.1 Å². The van der Waals surface area contributed by atoms with Gasteiger partial charge in [-0.1, -0.05) is 11.3 Å². The van der Waals surface area contributed by atoms with E-state index in [1.807, 2.05) is 0 Å². The van der Waals surface area contributed by atoms with Gasteiger partial charge in [0.25, 0.3) is 0 Å². The molecule has 4 rings (SSSR count). The van der Waals surface area contributed by atoms with Crippen molar-refractivity contribution in [2.24, 2.45) is 0 Å². The molecule has 0 spiro atoms. The van der Waals surface area contributed by atoms with E-state index in [1.165, 1.54) is 17.4 Å². The topological polar surface area (TPSA) is 73.3 Å². The van der Waals surface area contributed by atoms with Crippen molar-refractivity contribution >= 4 is 22.4 Å². The lowest BCUT2D eigenvalue weighted by Gasteiger charge is -2.09. The van der Waals surface area contributed by atoms with Gasteiger partial charge in [0.15, 0.2) is 0 Å². The van der Waals surface area contributed by atoms with Gasteiger partial charge >= 0.3 is 6.18 Å². The second kappa shape index (κ2) is 7.08. The predicted octanol–water partition coefficient (Wildman–Crippen LogP) is 3.74. The molecule has 0 aliphatic carbocycles. The maximum atomic E-state index is 12.8. The molecule has 2 atom stereocenters. The molecule has 1 saturated heterocycles. The number of halogens is 3. The molecule has 2 aromatic rings. The Balaban J connectivity index is 1.34. The first kappa shape index (κ1) is 18.2. The number of rotatable bonds is 4. The Morgan fingerprint density at radius 1 is 1.33 bits per heavy atom. The summed E-state index contributed by atoms with van der Waals surface area (Å²) in [6, 6.07) is 3.36. The van der Waals surface area contributed by atoms with Crippen LogP contribution >= 0.6 is 11.3 Å². The average molecular weight is 399 g/mol.